The van der Waals surface area contributed by atoms with E-state index < -0.39 is 0 Å². The number of hydrogen-bond donors (Lipinski definition) is 2. The number of nitrogens with one attached hydrogen (secondary N) is 1. The molecule has 172 valence electrons. The summed E-state index contributed by atoms with van der Waals surface area (Å²) in [4.78, 5) is 23.9. The maximum absolute atomic E-state index is 12.7. The first-order valence-corrected chi connectivity index (χ1v) is 11.3. The van der Waals surface area contributed by atoms with Gasteiger partial charge in [0.05, 0.1) is 23.9 Å². The number of nitrogens with two attached hydrogens (primary N) is 1. The lowest BCUT2D eigenvalue weighted by Crippen LogP contribution is -2.41. The monoisotopic (exact) mass is 447 g/mol. The Morgan fingerprint density at radius 2 is 2.06 bits per heavy atom. The number of nitrogens with zero attached hydrogens (tertiary/aromatic N) is 3. The van der Waals surface area contributed by atoms with Crippen LogP contribution in [0.3, 0.4) is 0 Å². The predicted molar refractivity (Wildman–Crippen MR) is 129 cm³/mol. The Labute approximate surface area is 193 Å². The second-order valence-corrected chi connectivity index (χ2v) is 9.02. The average molecular weight is 448 g/mol. The molecule has 3 aromatic rings. The van der Waals surface area contributed by atoms with Crippen LogP contribution < -0.4 is 20.7 Å². The molecule has 0 saturated carbocycles. The summed E-state index contributed by atoms with van der Waals surface area (Å²) in [7, 11) is 0. The van der Waals surface area contributed by atoms with Gasteiger partial charge in [-0.25, -0.2) is 9.97 Å². The molecule has 5 rings (SSSR count). The summed E-state index contributed by atoms with van der Waals surface area (Å²) in [6.07, 6.45) is 0.958. The second kappa shape index (κ2) is 8.51. The topological polar surface area (TPSA) is 103 Å². The van der Waals surface area contributed by atoms with Crippen LogP contribution in [0.4, 0.5) is 17.2 Å². The molecule has 3 N–H and O–H groups in total. The molecular weight excluding hydrogens is 418 g/mol. The van der Waals surface area contributed by atoms with Crippen molar-refractivity contribution in [3.63, 3.8) is 0 Å². The standard InChI is InChI=1S/C25H29N5O3/c1-14-6-18(8-19(26)7-14)15(2)27-25-20-9-22-23(10-21(20)28-16(3)29-25)33-13-24(31)30(22)11-17-4-5-32-12-17/h6-10,15,17H,4-5,11-13,26H2,1-3H3,(H,27,28,29)/t15-,17?/m1/s1. The van der Waals surface area contributed by atoms with Gasteiger partial charge >= 0.3 is 0 Å². The summed E-state index contributed by atoms with van der Waals surface area (Å²) >= 11 is 0. The van der Waals surface area contributed by atoms with Crippen LogP contribution >= 0.6 is 0 Å². The molecule has 2 aliphatic heterocycles. The van der Waals surface area contributed by atoms with E-state index in [4.69, 9.17) is 20.2 Å². The fourth-order valence-corrected chi connectivity index (χ4v) is 4.62. The molecule has 0 spiro atoms. The van der Waals surface area contributed by atoms with Crippen molar-refractivity contribution in [2.75, 3.05) is 42.3 Å². The first kappa shape index (κ1) is 21.5. The number of amides is 1. The molecular formula is C25H29N5O3. The summed E-state index contributed by atoms with van der Waals surface area (Å²) in [5.41, 5.74) is 10.5. The van der Waals surface area contributed by atoms with Crippen molar-refractivity contribution in [1.29, 1.82) is 0 Å². The van der Waals surface area contributed by atoms with Crippen LogP contribution in [0, 0.1) is 19.8 Å². The van der Waals surface area contributed by atoms with E-state index in [1.54, 1.807) is 0 Å². The maximum Gasteiger partial charge on any atom is 0.265 e. The zero-order chi connectivity index (χ0) is 23.1. The third kappa shape index (κ3) is 4.30. The Morgan fingerprint density at radius 3 is 2.82 bits per heavy atom. The molecule has 1 amide bonds. The molecule has 0 aliphatic carbocycles. The molecule has 3 heterocycles. The molecule has 2 atom stereocenters. The van der Waals surface area contributed by atoms with Crippen LogP contribution in [0.15, 0.2) is 30.3 Å². The van der Waals surface area contributed by atoms with E-state index >= 15 is 0 Å². The van der Waals surface area contributed by atoms with Gasteiger partial charge in [0.2, 0.25) is 0 Å². The van der Waals surface area contributed by atoms with Gasteiger partial charge < -0.3 is 25.4 Å². The first-order valence-electron chi connectivity index (χ1n) is 11.3. The zero-order valence-corrected chi connectivity index (χ0v) is 19.2. The maximum atomic E-state index is 12.7. The lowest BCUT2D eigenvalue weighted by atomic mass is 10.0. The molecule has 2 aromatic carbocycles. The highest BCUT2D eigenvalue weighted by molar-refractivity contribution is 6.02. The van der Waals surface area contributed by atoms with Gasteiger partial charge in [0.1, 0.15) is 17.4 Å². The second-order valence-electron chi connectivity index (χ2n) is 9.02. The van der Waals surface area contributed by atoms with Crippen molar-refractivity contribution in [3.05, 3.63) is 47.3 Å². The van der Waals surface area contributed by atoms with Crippen molar-refractivity contribution < 1.29 is 14.3 Å². The number of benzene rings is 2. The van der Waals surface area contributed by atoms with Gasteiger partial charge in [-0.05, 0) is 56.5 Å². The van der Waals surface area contributed by atoms with E-state index in [2.05, 4.69) is 23.3 Å². The van der Waals surface area contributed by atoms with Crippen molar-refractivity contribution >= 4 is 34.0 Å². The highest BCUT2D eigenvalue weighted by Gasteiger charge is 2.30. The van der Waals surface area contributed by atoms with E-state index in [1.807, 2.05) is 43.0 Å². The van der Waals surface area contributed by atoms with Crippen LogP contribution in [-0.2, 0) is 9.53 Å². The Balaban J connectivity index is 1.54. The minimum Gasteiger partial charge on any atom is -0.481 e. The van der Waals surface area contributed by atoms with Gasteiger partial charge in [-0.2, -0.15) is 0 Å². The van der Waals surface area contributed by atoms with Gasteiger partial charge in [0, 0.05) is 36.2 Å². The molecule has 8 nitrogen and oxygen atoms in total. The lowest BCUT2D eigenvalue weighted by Gasteiger charge is -2.31. The summed E-state index contributed by atoms with van der Waals surface area (Å²) in [5, 5.41) is 4.38. The molecule has 0 radical (unpaired) electrons. The normalized spacial score (nSPS) is 18.8. The van der Waals surface area contributed by atoms with Crippen LogP contribution in [-0.4, -0.2) is 42.2 Å². The highest BCUT2D eigenvalue weighted by Crippen LogP contribution is 2.39. The molecule has 2 aliphatic rings. The van der Waals surface area contributed by atoms with Crippen molar-refractivity contribution in [2.45, 2.75) is 33.2 Å². The summed E-state index contributed by atoms with van der Waals surface area (Å²) in [6.45, 7) is 8.06. The smallest absolute Gasteiger partial charge is 0.265 e. The number of carbonyl (C=O) groups excluding carboxylic acids is 1. The number of rotatable bonds is 5. The largest absolute Gasteiger partial charge is 0.481 e. The predicted octanol–water partition coefficient (Wildman–Crippen LogP) is 3.76. The van der Waals surface area contributed by atoms with Crippen molar-refractivity contribution in [1.82, 2.24) is 9.97 Å². The quantitative estimate of drug-likeness (QED) is 0.574. The number of ether oxygens (including phenoxy) is 2. The van der Waals surface area contributed by atoms with Crippen LogP contribution in [0.25, 0.3) is 10.9 Å². The number of nitrogen functional groups attached to an aromatic ring is 1. The molecule has 33 heavy (non-hydrogen) atoms. The minimum atomic E-state index is -0.0418. The van der Waals surface area contributed by atoms with Crippen molar-refractivity contribution in [3.8, 4) is 5.75 Å². The fourth-order valence-electron chi connectivity index (χ4n) is 4.62. The Morgan fingerprint density at radius 1 is 1.21 bits per heavy atom. The number of carbonyl (C=O) groups is 1. The van der Waals surface area contributed by atoms with Crippen LogP contribution in [0.2, 0.25) is 0 Å². The molecule has 1 aromatic heterocycles. The van der Waals surface area contributed by atoms with E-state index in [1.165, 1.54) is 0 Å². The Kier molecular flexibility index (Phi) is 5.54. The molecule has 0 bridgehead atoms. The van der Waals surface area contributed by atoms with Gasteiger partial charge in [-0.15, -0.1) is 0 Å². The average Bonchev–Trinajstić information content (AvgIpc) is 3.27. The van der Waals surface area contributed by atoms with E-state index in [0.717, 1.165) is 52.3 Å². The number of aryl methyl sites for hydroxylation is 2. The van der Waals surface area contributed by atoms with Gasteiger partial charge in [0.15, 0.2) is 6.61 Å². The third-order valence-electron chi connectivity index (χ3n) is 6.27. The van der Waals surface area contributed by atoms with E-state index in [0.29, 0.717) is 30.6 Å². The number of fused-ring (bicyclic) bond motifs is 2. The van der Waals surface area contributed by atoms with Crippen LogP contribution in [0.5, 0.6) is 5.75 Å². The van der Waals surface area contributed by atoms with Crippen LogP contribution in [0.1, 0.15) is 36.3 Å². The molecule has 1 saturated heterocycles. The van der Waals surface area contributed by atoms with Gasteiger partial charge in [-0.3, -0.25) is 4.79 Å². The first-order chi connectivity index (χ1) is 15.9. The fraction of sp³-hybridized carbons (Fsp3) is 0.400. The summed E-state index contributed by atoms with van der Waals surface area (Å²) in [6, 6.07) is 9.89. The van der Waals surface area contributed by atoms with E-state index in [9.17, 15) is 4.79 Å². The van der Waals surface area contributed by atoms with E-state index in [-0.39, 0.29) is 18.6 Å². The van der Waals surface area contributed by atoms with Gasteiger partial charge in [-0.1, -0.05) is 6.07 Å². The number of anilines is 3. The summed E-state index contributed by atoms with van der Waals surface area (Å²) in [5.74, 6) is 2.33. The summed E-state index contributed by atoms with van der Waals surface area (Å²) < 4.78 is 11.3. The molecule has 1 fully saturated rings. The highest BCUT2D eigenvalue weighted by atomic mass is 16.5. The Bertz CT molecular complexity index is 1200. The van der Waals surface area contributed by atoms with Crippen molar-refractivity contribution in [2.24, 2.45) is 5.92 Å². The third-order valence-corrected chi connectivity index (χ3v) is 6.27. The number of aromatic nitrogens is 2. The lowest BCUT2D eigenvalue weighted by molar-refractivity contribution is -0.121. The van der Waals surface area contributed by atoms with Gasteiger partial charge in [0.25, 0.3) is 5.91 Å². The molecule has 1 unspecified atom stereocenters. The minimum absolute atomic E-state index is 0.0228. The number of hydrogen-bond acceptors (Lipinski definition) is 7. The zero-order valence-electron chi connectivity index (χ0n) is 19.2. The Hall–Kier alpha value is -3.39. The SMILES string of the molecule is Cc1cc(N)cc([C@@H](C)Nc2nc(C)nc3cc4c(cc23)N(CC2CCOC2)C(=O)CO4)c1. The molecule has 8 heteroatoms.